The van der Waals surface area contributed by atoms with Crippen molar-refractivity contribution in [2.45, 2.75) is 44.6 Å². The van der Waals surface area contributed by atoms with Gasteiger partial charge in [0.15, 0.2) is 0 Å². The zero-order valence-corrected chi connectivity index (χ0v) is 11.9. The molecule has 0 bridgehead atoms. The van der Waals surface area contributed by atoms with Crippen LogP contribution in [0.2, 0.25) is 0 Å². The maximum absolute atomic E-state index is 11.9. The molecule has 1 N–H and O–H groups in total. The molecule has 1 aliphatic rings. The van der Waals surface area contributed by atoms with Gasteiger partial charge in [0.1, 0.15) is 5.69 Å². The number of aromatic nitrogens is 1. The maximum atomic E-state index is 11.9. The number of amides is 1. The molecular formula is C15H23N3O. The standard InChI is InChI=1S/C15H23N3O/c1-18(2)15(19)14-11-13(9-10-16-14)17-12-7-5-3-4-6-8-12/h9-12H,3-8H2,1-2H3,(H,16,17). The summed E-state index contributed by atoms with van der Waals surface area (Å²) in [5.74, 6) is -0.0514. The molecule has 0 aromatic carbocycles. The Morgan fingerprint density at radius 1 is 1.26 bits per heavy atom. The van der Waals surface area contributed by atoms with Gasteiger partial charge in [-0.3, -0.25) is 9.78 Å². The number of hydrogen-bond acceptors (Lipinski definition) is 3. The van der Waals surface area contributed by atoms with Crippen LogP contribution in [0.5, 0.6) is 0 Å². The number of hydrogen-bond donors (Lipinski definition) is 1. The summed E-state index contributed by atoms with van der Waals surface area (Å²) >= 11 is 0. The molecule has 2 rings (SSSR count). The number of nitrogens with one attached hydrogen (secondary N) is 1. The average Bonchev–Trinajstić information content (AvgIpc) is 2.66. The van der Waals surface area contributed by atoms with E-state index in [0.29, 0.717) is 11.7 Å². The first kappa shape index (κ1) is 13.8. The quantitative estimate of drug-likeness (QED) is 0.851. The molecule has 104 valence electrons. The van der Waals surface area contributed by atoms with Crippen LogP contribution in [0.3, 0.4) is 0 Å². The molecule has 1 aliphatic carbocycles. The van der Waals surface area contributed by atoms with Gasteiger partial charge in [-0.2, -0.15) is 0 Å². The van der Waals surface area contributed by atoms with Gasteiger partial charge in [-0.1, -0.05) is 25.7 Å². The average molecular weight is 261 g/mol. The highest BCUT2D eigenvalue weighted by Crippen LogP contribution is 2.21. The molecule has 0 unspecified atom stereocenters. The number of anilines is 1. The van der Waals surface area contributed by atoms with Gasteiger partial charge in [-0.25, -0.2) is 0 Å². The highest BCUT2D eigenvalue weighted by Gasteiger charge is 2.14. The van der Waals surface area contributed by atoms with Crippen LogP contribution in [-0.4, -0.2) is 35.9 Å². The van der Waals surface area contributed by atoms with Crippen LogP contribution in [0, 0.1) is 0 Å². The van der Waals surface area contributed by atoms with Gasteiger partial charge < -0.3 is 10.2 Å². The minimum Gasteiger partial charge on any atom is -0.382 e. The molecule has 1 amide bonds. The van der Waals surface area contributed by atoms with E-state index in [-0.39, 0.29) is 5.91 Å². The van der Waals surface area contributed by atoms with Crippen molar-refractivity contribution in [2.75, 3.05) is 19.4 Å². The van der Waals surface area contributed by atoms with Crippen LogP contribution in [-0.2, 0) is 0 Å². The van der Waals surface area contributed by atoms with Crippen LogP contribution < -0.4 is 5.32 Å². The van der Waals surface area contributed by atoms with Crippen LogP contribution in [0.1, 0.15) is 49.0 Å². The second kappa shape index (κ2) is 6.55. The molecule has 4 heteroatoms. The third-order valence-electron chi connectivity index (χ3n) is 3.61. The molecule has 1 aromatic heterocycles. The fourth-order valence-electron chi connectivity index (χ4n) is 2.53. The van der Waals surface area contributed by atoms with E-state index in [1.165, 1.54) is 38.5 Å². The molecule has 1 fully saturated rings. The minimum absolute atomic E-state index is 0.0514. The lowest BCUT2D eigenvalue weighted by atomic mass is 10.1. The molecule has 1 aromatic rings. The van der Waals surface area contributed by atoms with Gasteiger partial charge >= 0.3 is 0 Å². The molecule has 0 aliphatic heterocycles. The van der Waals surface area contributed by atoms with Crippen molar-refractivity contribution < 1.29 is 4.79 Å². The van der Waals surface area contributed by atoms with Crippen molar-refractivity contribution in [3.63, 3.8) is 0 Å². The van der Waals surface area contributed by atoms with E-state index in [2.05, 4.69) is 10.3 Å². The number of carbonyl (C=O) groups excluding carboxylic acids is 1. The zero-order chi connectivity index (χ0) is 13.7. The first-order chi connectivity index (χ1) is 9.16. The van der Waals surface area contributed by atoms with Crippen LogP contribution in [0.4, 0.5) is 5.69 Å². The monoisotopic (exact) mass is 261 g/mol. The number of nitrogens with zero attached hydrogens (tertiary/aromatic N) is 2. The van der Waals surface area contributed by atoms with Gasteiger partial charge in [0.05, 0.1) is 0 Å². The van der Waals surface area contributed by atoms with E-state index in [4.69, 9.17) is 0 Å². The van der Waals surface area contributed by atoms with Crippen molar-refractivity contribution in [1.29, 1.82) is 0 Å². The normalized spacial score (nSPS) is 16.7. The summed E-state index contributed by atoms with van der Waals surface area (Å²) in [6, 6.07) is 4.33. The Morgan fingerprint density at radius 3 is 2.58 bits per heavy atom. The van der Waals surface area contributed by atoms with Crippen molar-refractivity contribution in [1.82, 2.24) is 9.88 Å². The lowest BCUT2D eigenvalue weighted by Crippen LogP contribution is -2.23. The molecule has 0 atom stereocenters. The predicted molar refractivity (Wildman–Crippen MR) is 77.4 cm³/mol. The van der Waals surface area contributed by atoms with E-state index in [9.17, 15) is 4.79 Å². The Kier molecular flexibility index (Phi) is 4.77. The summed E-state index contributed by atoms with van der Waals surface area (Å²) < 4.78 is 0. The highest BCUT2D eigenvalue weighted by atomic mass is 16.2. The summed E-state index contributed by atoms with van der Waals surface area (Å²) in [5.41, 5.74) is 1.51. The summed E-state index contributed by atoms with van der Waals surface area (Å²) in [5, 5.41) is 3.54. The molecule has 4 nitrogen and oxygen atoms in total. The topological polar surface area (TPSA) is 45.2 Å². The fraction of sp³-hybridized carbons (Fsp3) is 0.600. The first-order valence-corrected chi connectivity index (χ1v) is 7.11. The largest absolute Gasteiger partial charge is 0.382 e. The third kappa shape index (κ3) is 3.94. The summed E-state index contributed by atoms with van der Waals surface area (Å²) in [6.45, 7) is 0. The molecule has 0 radical (unpaired) electrons. The van der Waals surface area contributed by atoms with E-state index >= 15 is 0 Å². The van der Waals surface area contributed by atoms with Gasteiger partial charge in [-0.05, 0) is 25.0 Å². The second-order valence-corrected chi connectivity index (χ2v) is 5.46. The Bertz CT molecular complexity index is 423. The number of rotatable bonds is 3. The molecule has 19 heavy (non-hydrogen) atoms. The van der Waals surface area contributed by atoms with Crippen molar-refractivity contribution >= 4 is 11.6 Å². The molecule has 0 spiro atoms. The second-order valence-electron chi connectivity index (χ2n) is 5.46. The van der Waals surface area contributed by atoms with Gasteiger partial charge in [-0.15, -0.1) is 0 Å². The Labute approximate surface area is 115 Å². The van der Waals surface area contributed by atoms with E-state index in [0.717, 1.165) is 5.69 Å². The zero-order valence-electron chi connectivity index (χ0n) is 11.9. The number of pyridine rings is 1. The summed E-state index contributed by atoms with van der Waals surface area (Å²) in [4.78, 5) is 17.6. The SMILES string of the molecule is CN(C)C(=O)c1cc(NC2CCCCCC2)ccn1. The van der Waals surface area contributed by atoms with Crippen molar-refractivity contribution in [3.8, 4) is 0 Å². The van der Waals surface area contributed by atoms with Crippen LogP contribution in [0.15, 0.2) is 18.3 Å². The maximum Gasteiger partial charge on any atom is 0.272 e. The van der Waals surface area contributed by atoms with Gasteiger partial charge in [0.25, 0.3) is 5.91 Å². The number of carbonyl (C=O) groups is 1. The van der Waals surface area contributed by atoms with Crippen LogP contribution >= 0.6 is 0 Å². The molecular weight excluding hydrogens is 238 g/mol. The fourth-order valence-corrected chi connectivity index (χ4v) is 2.53. The Balaban J connectivity index is 2.04. The van der Waals surface area contributed by atoms with Gasteiger partial charge in [0, 0.05) is 32.0 Å². The van der Waals surface area contributed by atoms with E-state index in [1.54, 1.807) is 25.2 Å². The Morgan fingerprint density at radius 2 is 1.95 bits per heavy atom. The Hall–Kier alpha value is -1.58. The molecule has 0 saturated heterocycles. The summed E-state index contributed by atoms with van der Waals surface area (Å²) in [7, 11) is 3.49. The van der Waals surface area contributed by atoms with Crippen molar-refractivity contribution in [2.24, 2.45) is 0 Å². The van der Waals surface area contributed by atoms with E-state index < -0.39 is 0 Å². The van der Waals surface area contributed by atoms with Crippen LogP contribution in [0.25, 0.3) is 0 Å². The van der Waals surface area contributed by atoms with E-state index in [1.807, 2.05) is 12.1 Å². The molecule has 1 heterocycles. The lowest BCUT2D eigenvalue weighted by molar-refractivity contribution is 0.0822. The third-order valence-corrected chi connectivity index (χ3v) is 3.61. The molecule has 1 saturated carbocycles. The van der Waals surface area contributed by atoms with Crippen molar-refractivity contribution in [3.05, 3.63) is 24.0 Å². The van der Waals surface area contributed by atoms with Gasteiger partial charge in [0.2, 0.25) is 0 Å². The lowest BCUT2D eigenvalue weighted by Gasteiger charge is -2.18. The minimum atomic E-state index is -0.0514. The first-order valence-electron chi connectivity index (χ1n) is 7.11. The summed E-state index contributed by atoms with van der Waals surface area (Å²) in [6.07, 6.45) is 9.44. The predicted octanol–water partition coefficient (Wildman–Crippen LogP) is 2.92. The highest BCUT2D eigenvalue weighted by molar-refractivity contribution is 5.92. The smallest absolute Gasteiger partial charge is 0.272 e.